The lowest BCUT2D eigenvalue weighted by Crippen LogP contribution is -2.40. The SMILES string of the molecule is CC(C)c1cc(C(=O)N(C)C(C)C(=O)O)nn1C. The van der Waals surface area contributed by atoms with Gasteiger partial charge in [0.25, 0.3) is 5.91 Å². The number of carboxylic acids is 1. The number of carboxylic acid groups (broad SMARTS) is 1. The van der Waals surface area contributed by atoms with Crippen molar-refractivity contribution in [1.29, 1.82) is 0 Å². The molecular weight excluding hydrogens is 234 g/mol. The highest BCUT2D eigenvalue weighted by atomic mass is 16.4. The van der Waals surface area contributed by atoms with Crippen LogP contribution in [-0.4, -0.2) is 44.8 Å². The van der Waals surface area contributed by atoms with Gasteiger partial charge in [0.05, 0.1) is 0 Å². The second-order valence-corrected chi connectivity index (χ2v) is 4.66. The van der Waals surface area contributed by atoms with Crippen molar-refractivity contribution in [2.45, 2.75) is 32.7 Å². The van der Waals surface area contributed by atoms with E-state index in [2.05, 4.69) is 5.10 Å². The zero-order chi connectivity index (χ0) is 14.0. The molecule has 1 amide bonds. The Kier molecular flexibility index (Phi) is 4.11. The highest BCUT2D eigenvalue weighted by Crippen LogP contribution is 2.16. The zero-order valence-corrected chi connectivity index (χ0v) is 11.3. The minimum absolute atomic E-state index is 0.256. The molecule has 0 radical (unpaired) electrons. The fourth-order valence-electron chi connectivity index (χ4n) is 1.65. The quantitative estimate of drug-likeness (QED) is 0.871. The number of nitrogens with zero attached hydrogens (tertiary/aromatic N) is 3. The molecule has 1 aromatic heterocycles. The monoisotopic (exact) mass is 253 g/mol. The summed E-state index contributed by atoms with van der Waals surface area (Å²) in [5, 5.41) is 13.0. The van der Waals surface area contributed by atoms with Crippen LogP contribution in [0.4, 0.5) is 0 Å². The van der Waals surface area contributed by atoms with Crippen LogP contribution in [0.1, 0.15) is 42.9 Å². The van der Waals surface area contributed by atoms with E-state index in [1.165, 1.54) is 18.9 Å². The van der Waals surface area contributed by atoms with Gasteiger partial charge < -0.3 is 10.0 Å². The van der Waals surface area contributed by atoms with Crippen molar-refractivity contribution >= 4 is 11.9 Å². The third-order valence-electron chi connectivity index (χ3n) is 2.99. The van der Waals surface area contributed by atoms with Crippen molar-refractivity contribution in [3.05, 3.63) is 17.5 Å². The Labute approximate surface area is 106 Å². The van der Waals surface area contributed by atoms with Gasteiger partial charge in [-0.05, 0) is 18.9 Å². The van der Waals surface area contributed by atoms with Crippen LogP contribution < -0.4 is 0 Å². The van der Waals surface area contributed by atoms with E-state index in [9.17, 15) is 9.59 Å². The number of carbonyl (C=O) groups excluding carboxylic acids is 1. The normalized spacial score (nSPS) is 12.6. The summed E-state index contributed by atoms with van der Waals surface area (Å²) in [4.78, 5) is 24.1. The number of aliphatic carboxylic acids is 1. The lowest BCUT2D eigenvalue weighted by molar-refractivity contribution is -0.141. The molecule has 6 heteroatoms. The van der Waals surface area contributed by atoms with Gasteiger partial charge in [0, 0.05) is 19.8 Å². The minimum Gasteiger partial charge on any atom is -0.480 e. The molecule has 0 saturated carbocycles. The summed E-state index contributed by atoms with van der Waals surface area (Å²) in [6.07, 6.45) is 0. The van der Waals surface area contributed by atoms with Crippen LogP contribution in [0.25, 0.3) is 0 Å². The first-order valence-corrected chi connectivity index (χ1v) is 5.79. The Morgan fingerprint density at radius 1 is 1.39 bits per heavy atom. The summed E-state index contributed by atoms with van der Waals surface area (Å²) in [6.45, 7) is 5.48. The number of hydrogen-bond acceptors (Lipinski definition) is 3. The average molecular weight is 253 g/mol. The van der Waals surface area contributed by atoms with Crippen molar-refractivity contribution in [2.24, 2.45) is 7.05 Å². The molecule has 1 N–H and O–H groups in total. The van der Waals surface area contributed by atoms with E-state index >= 15 is 0 Å². The molecule has 1 unspecified atom stereocenters. The molecule has 100 valence electrons. The molecule has 0 saturated heterocycles. The first-order chi connectivity index (χ1) is 8.25. The van der Waals surface area contributed by atoms with Gasteiger partial charge in [-0.15, -0.1) is 0 Å². The van der Waals surface area contributed by atoms with Crippen LogP contribution in [0, 0.1) is 0 Å². The van der Waals surface area contributed by atoms with Crippen molar-refractivity contribution < 1.29 is 14.7 Å². The summed E-state index contributed by atoms with van der Waals surface area (Å²) >= 11 is 0. The smallest absolute Gasteiger partial charge is 0.326 e. The zero-order valence-electron chi connectivity index (χ0n) is 11.3. The second kappa shape index (κ2) is 5.20. The number of rotatable bonds is 4. The van der Waals surface area contributed by atoms with Gasteiger partial charge in [-0.3, -0.25) is 9.48 Å². The molecule has 1 heterocycles. The molecule has 0 aromatic carbocycles. The van der Waals surface area contributed by atoms with Gasteiger partial charge >= 0.3 is 5.97 Å². The number of aromatic nitrogens is 2. The molecule has 0 aliphatic rings. The molecule has 18 heavy (non-hydrogen) atoms. The lowest BCUT2D eigenvalue weighted by atomic mass is 10.1. The molecular formula is C12H19N3O3. The summed E-state index contributed by atoms with van der Waals surface area (Å²) in [7, 11) is 3.23. The van der Waals surface area contributed by atoms with Crippen LogP contribution in [0.5, 0.6) is 0 Å². The van der Waals surface area contributed by atoms with Crippen molar-refractivity contribution in [3.63, 3.8) is 0 Å². The van der Waals surface area contributed by atoms with Crippen LogP contribution in [0.15, 0.2) is 6.07 Å². The molecule has 1 rings (SSSR count). The number of amides is 1. The maximum Gasteiger partial charge on any atom is 0.326 e. The summed E-state index contributed by atoms with van der Waals surface area (Å²) in [5.41, 5.74) is 1.21. The topological polar surface area (TPSA) is 75.4 Å². The molecule has 0 aliphatic heterocycles. The van der Waals surface area contributed by atoms with Gasteiger partial charge in [0.2, 0.25) is 0 Å². The molecule has 6 nitrogen and oxygen atoms in total. The van der Waals surface area contributed by atoms with Gasteiger partial charge in [0.1, 0.15) is 6.04 Å². The van der Waals surface area contributed by atoms with Gasteiger partial charge in [-0.25, -0.2) is 4.79 Å². The molecule has 1 aromatic rings. The van der Waals surface area contributed by atoms with E-state index in [0.717, 1.165) is 5.69 Å². The molecule has 0 spiro atoms. The molecule has 0 bridgehead atoms. The Morgan fingerprint density at radius 3 is 2.33 bits per heavy atom. The Balaban J connectivity index is 2.97. The van der Waals surface area contributed by atoms with E-state index in [0.29, 0.717) is 0 Å². The first kappa shape index (κ1) is 14.2. The fourth-order valence-corrected chi connectivity index (χ4v) is 1.65. The van der Waals surface area contributed by atoms with Crippen molar-refractivity contribution in [2.75, 3.05) is 7.05 Å². The van der Waals surface area contributed by atoms with Gasteiger partial charge in [0.15, 0.2) is 5.69 Å². The maximum atomic E-state index is 12.1. The highest BCUT2D eigenvalue weighted by molar-refractivity contribution is 5.94. The maximum absolute atomic E-state index is 12.1. The molecule has 1 atom stereocenters. The van der Waals surface area contributed by atoms with E-state index in [4.69, 9.17) is 5.11 Å². The van der Waals surface area contributed by atoms with E-state index in [-0.39, 0.29) is 17.5 Å². The van der Waals surface area contributed by atoms with Crippen LogP contribution in [-0.2, 0) is 11.8 Å². The van der Waals surface area contributed by atoms with Crippen LogP contribution in [0.3, 0.4) is 0 Å². The summed E-state index contributed by atoms with van der Waals surface area (Å²) in [6, 6.07) is 0.833. The average Bonchev–Trinajstić information content (AvgIpc) is 2.68. The number of carbonyl (C=O) groups is 2. The minimum atomic E-state index is -1.04. The Bertz CT molecular complexity index is 465. The first-order valence-electron chi connectivity index (χ1n) is 5.79. The Morgan fingerprint density at radius 2 is 1.94 bits per heavy atom. The molecule has 0 fully saturated rings. The third kappa shape index (κ3) is 2.69. The Hall–Kier alpha value is -1.85. The third-order valence-corrected chi connectivity index (χ3v) is 2.99. The number of likely N-dealkylation sites (N-methyl/N-ethyl adjacent to an activating group) is 1. The summed E-state index contributed by atoms with van der Waals surface area (Å²) in [5.74, 6) is -1.16. The predicted octanol–water partition coefficient (Wildman–Crippen LogP) is 1.09. The van der Waals surface area contributed by atoms with Crippen molar-refractivity contribution in [1.82, 2.24) is 14.7 Å². The van der Waals surface area contributed by atoms with Gasteiger partial charge in [-0.1, -0.05) is 13.8 Å². The highest BCUT2D eigenvalue weighted by Gasteiger charge is 2.25. The van der Waals surface area contributed by atoms with Crippen LogP contribution in [0.2, 0.25) is 0 Å². The predicted molar refractivity (Wildman–Crippen MR) is 66.5 cm³/mol. The second-order valence-electron chi connectivity index (χ2n) is 4.66. The van der Waals surface area contributed by atoms with E-state index < -0.39 is 12.0 Å². The van der Waals surface area contributed by atoms with E-state index in [1.807, 2.05) is 13.8 Å². The number of aryl methyl sites for hydroxylation is 1. The lowest BCUT2D eigenvalue weighted by Gasteiger charge is -2.20. The van der Waals surface area contributed by atoms with Gasteiger partial charge in [-0.2, -0.15) is 5.10 Å². The standard InChI is InChI=1S/C12H19N3O3/c1-7(2)10-6-9(13-15(10)5)11(16)14(4)8(3)12(17)18/h6-8H,1-5H3,(H,17,18). The summed E-state index contributed by atoms with van der Waals surface area (Å²) < 4.78 is 1.65. The fraction of sp³-hybridized carbons (Fsp3) is 0.583. The van der Waals surface area contributed by atoms with Crippen molar-refractivity contribution in [3.8, 4) is 0 Å². The largest absolute Gasteiger partial charge is 0.480 e. The van der Waals surface area contributed by atoms with Crippen LogP contribution >= 0.6 is 0 Å². The molecule has 0 aliphatic carbocycles. The number of hydrogen-bond donors (Lipinski definition) is 1. The van der Waals surface area contributed by atoms with E-state index in [1.54, 1.807) is 17.8 Å².